The lowest BCUT2D eigenvalue weighted by Crippen LogP contribution is -1.99. The highest BCUT2D eigenvalue weighted by molar-refractivity contribution is 7.21. The molecular weight excluding hydrogens is 384 g/mol. The minimum Gasteiger partial charge on any atom is -0.497 e. The maximum absolute atomic E-state index is 5.32. The van der Waals surface area contributed by atoms with Crippen molar-refractivity contribution in [2.75, 3.05) is 14.2 Å². The Hall–Kier alpha value is -3.45. The van der Waals surface area contributed by atoms with Crippen molar-refractivity contribution in [1.82, 2.24) is 20.0 Å². The van der Waals surface area contributed by atoms with Crippen LogP contribution in [0.1, 0.15) is 5.56 Å². The third-order valence-corrected chi connectivity index (χ3v) is 5.99. The fourth-order valence-corrected chi connectivity index (χ4v) is 4.38. The summed E-state index contributed by atoms with van der Waals surface area (Å²) in [5.74, 6) is 1.61. The van der Waals surface area contributed by atoms with Crippen molar-refractivity contribution in [2.24, 2.45) is 0 Å². The van der Waals surface area contributed by atoms with Gasteiger partial charge in [-0.15, -0.1) is 16.4 Å². The van der Waals surface area contributed by atoms with Gasteiger partial charge in [0.2, 0.25) is 0 Å². The van der Waals surface area contributed by atoms with Crippen LogP contribution in [0.2, 0.25) is 0 Å². The van der Waals surface area contributed by atoms with E-state index < -0.39 is 0 Å². The van der Waals surface area contributed by atoms with E-state index in [2.05, 4.69) is 35.4 Å². The van der Waals surface area contributed by atoms with Gasteiger partial charge in [-0.1, -0.05) is 5.21 Å². The minimum absolute atomic E-state index is 0.768. The molecule has 0 unspecified atom stereocenters. The minimum atomic E-state index is 0.768. The Balaban J connectivity index is 1.56. The molecule has 0 aliphatic rings. The maximum atomic E-state index is 5.32. The lowest BCUT2D eigenvalue weighted by molar-refractivity contribution is 0.415. The molecule has 0 saturated carbocycles. The van der Waals surface area contributed by atoms with Crippen LogP contribution in [0, 0.1) is 6.92 Å². The van der Waals surface area contributed by atoms with Crippen molar-refractivity contribution < 1.29 is 9.47 Å². The third kappa shape index (κ3) is 3.00. The second-order valence-corrected chi connectivity index (χ2v) is 7.74. The van der Waals surface area contributed by atoms with E-state index in [1.54, 1.807) is 25.6 Å². The summed E-state index contributed by atoms with van der Waals surface area (Å²) in [6.07, 6.45) is 0. The lowest BCUT2D eigenvalue weighted by atomic mass is 10.1. The largest absolute Gasteiger partial charge is 0.497 e. The summed E-state index contributed by atoms with van der Waals surface area (Å²) in [6, 6.07) is 18.0. The predicted molar refractivity (Wildman–Crippen MR) is 115 cm³/mol. The first-order valence-corrected chi connectivity index (χ1v) is 9.93. The van der Waals surface area contributed by atoms with Crippen LogP contribution < -0.4 is 9.47 Å². The molecule has 2 heterocycles. The van der Waals surface area contributed by atoms with Crippen molar-refractivity contribution >= 4 is 32.6 Å². The Bertz CT molecular complexity index is 1360. The predicted octanol–water partition coefficient (Wildman–Crippen LogP) is 5.02. The summed E-state index contributed by atoms with van der Waals surface area (Å²) in [5, 5.41) is 9.61. The molecule has 29 heavy (non-hydrogen) atoms. The molecule has 0 bridgehead atoms. The Morgan fingerprint density at radius 1 is 0.862 bits per heavy atom. The van der Waals surface area contributed by atoms with Crippen molar-refractivity contribution in [1.29, 1.82) is 0 Å². The van der Waals surface area contributed by atoms with E-state index in [4.69, 9.17) is 14.5 Å². The van der Waals surface area contributed by atoms with Crippen LogP contribution in [0.25, 0.3) is 37.5 Å². The smallest absolute Gasteiger partial charge is 0.124 e. The second-order valence-electron chi connectivity index (χ2n) is 6.71. The van der Waals surface area contributed by atoms with Crippen LogP contribution in [-0.2, 0) is 0 Å². The fraction of sp³-hybridized carbons (Fsp3) is 0.136. The molecule has 0 radical (unpaired) electrons. The third-order valence-electron chi connectivity index (χ3n) is 4.92. The van der Waals surface area contributed by atoms with Gasteiger partial charge in [0.25, 0.3) is 0 Å². The molecular formula is C22H18N4O2S. The average molecular weight is 402 g/mol. The summed E-state index contributed by atoms with van der Waals surface area (Å²) in [6.45, 7) is 2.08. The summed E-state index contributed by atoms with van der Waals surface area (Å²) in [4.78, 5) is 4.78. The summed E-state index contributed by atoms with van der Waals surface area (Å²) in [5.41, 5.74) is 5.88. The first kappa shape index (κ1) is 17.6. The molecule has 0 N–H and O–H groups in total. The highest BCUT2D eigenvalue weighted by Gasteiger charge is 2.13. The van der Waals surface area contributed by atoms with Gasteiger partial charge in [0.05, 0.1) is 35.6 Å². The molecule has 0 spiro atoms. The monoisotopic (exact) mass is 402 g/mol. The zero-order valence-electron chi connectivity index (χ0n) is 16.2. The molecule has 0 saturated heterocycles. The van der Waals surface area contributed by atoms with Crippen LogP contribution in [0.3, 0.4) is 0 Å². The molecule has 0 atom stereocenters. The molecule has 0 aliphatic heterocycles. The summed E-state index contributed by atoms with van der Waals surface area (Å²) >= 11 is 1.66. The second kappa shape index (κ2) is 6.86. The van der Waals surface area contributed by atoms with Crippen LogP contribution in [0.5, 0.6) is 11.5 Å². The Morgan fingerprint density at radius 2 is 1.66 bits per heavy atom. The Morgan fingerprint density at radius 3 is 2.45 bits per heavy atom. The SMILES string of the molecule is COc1ccc2c(c1)nnn2-c1ccc(-c2nc3ccc(OC)cc3s2)cc1C. The topological polar surface area (TPSA) is 62.1 Å². The van der Waals surface area contributed by atoms with E-state index in [0.717, 1.165) is 54.6 Å². The van der Waals surface area contributed by atoms with E-state index in [0.29, 0.717) is 0 Å². The van der Waals surface area contributed by atoms with Crippen molar-refractivity contribution in [3.8, 4) is 27.8 Å². The van der Waals surface area contributed by atoms with Crippen molar-refractivity contribution in [3.63, 3.8) is 0 Å². The molecule has 5 aromatic rings. The standard InChI is InChI=1S/C22H18N4O2S/c1-13-10-14(22-23-17-7-5-16(28-3)12-21(17)29-22)4-8-19(13)26-20-9-6-15(27-2)11-18(20)24-25-26/h4-12H,1-3H3. The van der Waals surface area contributed by atoms with Gasteiger partial charge in [-0.2, -0.15) is 0 Å². The van der Waals surface area contributed by atoms with Gasteiger partial charge in [0.1, 0.15) is 22.0 Å². The Labute approximate surface area is 171 Å². The van der Waals surface area contributed by atoms with E-state index in [1.165, 1.54) is 0 Å². The number of hydrogen-bond donors (Lipinski definition) is 0. The maximum Gasteiger partial charge on any atom is 0.124 e. The van der Waals surface area contributed by atoms with Crippen LogP contribution in [-0.4, -0.2) is 34.2 Å². The molecule has 7 heteroatoms. The van der Waals surface area contributed by atoms with Gasteiger partial charge < -0.3 is 9.47 Å². The first-order valence-electron chi connectivity index (χ1n) is 9.12. The summed E-state index contributed by atoms with van der Waals surface area (Å²) < 4.78 is 13.6. The number of ether oxygens (including phenoxy) is 2. The fourth-order valence-electron chi connectivity index (χ4n) is 3.39. The summed E-state index contributed by atoms with van der Waals surface area (Å²) in [7, 11) is 3.32. The molecule has 3 aromatic carbocycles. The van der Waals surface area contributed by atoms with Gasteiger partial charge in [0.15, 0.2) is 0 Å². The molecule has 144 valence electrons. The molecule has 6 nitrogen and oxygen atoms in total. The molecule has 0 amide bonds. The number of rotatable bonds is 4. The molecule has 2 aromatic heterocycles. The van der Waals surface area contributed by atoms with Gasteiger partial charge >= 0.3 is 0 Å². The highest BCUT2D eigenvalue weighted by Crippen LogP contribution is 2.34. The van der Waals surface area contributed by atoms with Gasteiger partial charge in [0, 0.05) is 11.6 Å². The van der Waals surface area contributed by atoms with E-state index in [-0.39, 0.29) is 0 Å². The van der Waals surface area contributed by atoms with Gasteiger partial charge in [-0.3, -0.25) is 0 Å². The number of hydrogen-bond acceptors (Lipinski definition) is 6. The van der Waals surface area contributed by atoms with Crippen LogP contribution in [0.15, 0.2) is 54.6 Å². The average Bonchev–Trinajstić information content (AvgIpc) is 3.36. The van der Waals surface area contributed by atoms with Crippen LogP contribution >= 0.6 is 11.3 Å². The van der Waals surface area contributed by atoms with Crippen molar-refractivity contribution in [2.45, 2.75) is 6.92 Å². The number of fused-ring (bicyclic) bond motifs is 2. The van der Waals surface area contributed by atoms with Gasteiger partial charge in [-0.25, -0.2) is 9.67 Å². The Kier molecular flexibility index (Phi) is 4.17. The normalized spacial score (nSPS) is 11.3. The number of aromatic nitrogens is 4. The number of benzene rings is 3. The number of methoxy groups -OCH3 is 2. The lowest BCUT2D eigenvalue weighted by Gasteiger charge is -2.08. The highest BCUT2D eigenvalue weighted by atomic mass is 32.1. The quantitative estimate of drug-likeness (QED) is 0.422. The van der Waals surface area contributed by atoms with E-state index in [9.17, 15) is 0 Å². The number of thiazole rings is 1. The van der Waals surface area contributed by atoms with Crippen molar-refractivity contribution in [3.05, 3.63) is 60.2 Å². The number of aryl methyl sites for hydroxylation is 1. The van der Waals surface area contributed by atoms with E-state index >= 15 is 0 Å². The molecule has 5 rings (SSSR count). The van der Waals surface area contributed by atoms with Gasteiger partial charge in [-0.05, 0) is 61.0 Å². The zero-order chi connectivity index (χ0) is 20.0. The van der Waals surface area contributed by atoms with Crippen LogP contribution in [0.4, 0.5) is 0 Å². The van der Waals surface area contributed by atoms with E-state index in [1.807, 2.05) is 41.1 Å². The zero-order valence-corrected chi connectivity index (χ0v) is 17.0. The number of nitrogens with zero attached hydrogens (tertiary/aromatic N) is 4. The first-order chi connectivity index (χ1) is 14.2. The molecule has 0 aliphatic carbocycles. The molecule has 0 fully saturated rings.